The summed E-state index contributed by atoms with van der Waals surface area (Å²) in [6, 6.07) is 59.3. The smallest absolute Gasteiger partial charge is 0.235 e. The predicted molar refractivity (Wildman–Crippen MR) is 228 cm³/mol. The molecule has 246 valence electrons. The lowest BCUT2D eigenvalue weighted by Gasteiger charge is -2.14. The molecule has 3 nitrogen and oxygen atoms in total. The van der Waals surface area contributed by atoms with Crippen LogP contribution in [0.15, 0.2) is 164 Å². The van der Waals surface area contributed by atoms with Gasteiger partial charge in [-0.3, -0.25) is 4.57 Å². The Balaban J connectivity index is 1.29. The highest BCUT2D eigenvalue weighted by atomic mass is 32.1. The Morgan fingerprint density at radius 2 is 1.02 bits per heavy atom. The van der Waals surface area contributed by atoms with Crippen LogP contribution in [0.25, 0.3) is 112 Å². The highest BCUT2D eigenvalue weighted by Gasteiger charge is 2.25. The number of hydrogen-bond acceptors (Lipinski definition) is 4. The van der Waals surface area contributed by atoms with Gasteiger partial charge in [0.05, 0.1) is 26.9 Å². The minimum atomic E-state index is 0.677. The summed E-state index contributed by atoms with van der Waals surface area (Å²) in [5.41, 5.74) is 7.60. The van der Waals surface area contributed by atoms with Crippen LogP contribution in [-0.4, -0.2) is 14.5 Å². The zero-order chi connectivity index (χ0) is 34.6. The van der Waals surface area contributed by atoms with Crippen molar-refractivity contribution in [3.8, 4) is 28.3 Å². The first-order valence-electron chi connectivity index (χ1n) is 17.8. The third-order valence-electron chi connectivity index (χ3n) is 10.8. The van der Waals surface area contributed by atoms with Gasteiger partial charge in [0.2, 0.25) is 5.95 Å². The molecule has 4 heterocycles. The second-order valence-corrected chi connectivity index (χ2v) is 15.8. The van der Waals surface area contributed by atoms with Gasteiger partial charge in [-0.05, 0) is 39.9 Å². The van der Waals surface area contributed by atoms with Crippen LogP contribution in [0.4, 0.5) is 0 Å². The number of para-hydroxylation sites is 1. The van der Waals surface area contributed by atoms with Gasteiger partial charge in [-0.2, -0.15) is 0 Å². The number of hydrogen-bond donors (Lipinski definition) is 0. The first-order chi connectivity index (χ1) is 26.3. The Hall–Kier alpha value is -6.40. The zero-order valence-corrected chi connectivity index (χ0v) is 29.9. The minimum absolute atomic E-state index is 0.677. The standard InChI is InChI=1S/C48H27N3S2/c1-2-13-28(14-3-1)43-47-44(37-20-9-11-24-40(37)53-47)50-48(49-43)51-45-30(29-25-26-34-33-17-8-10-23-39(33)52-41(34)27-29)21-12-22-38(45)42-35-18-6-4-15-31(35)32-16-5-7-19-36(32)46(42)51/h1-27H. The molecular formula is C48H27N3S2. The van der Waals surface area contributed by atoms with E-state index < -0.39 is 0 Å². The molecule has 4 aromatic heterocycles. The van der Waals surface area contributed by atoms with E-state index in [2.05, 4.69) is 168 Å². The fourth-order valence-corrected chi connectivity index (χ4v) is 10.8. The normalized spacial score (nSPS) is 12.2. The second-order valence-electron chi connectivity index (χ2n) is 13.7. The first kappa shape index (κ1) is 29.2. The van der Waals surface area contributed by atoms with Crippen LogP contribution in [-0.2, 0) is 0 Å². The summed E-state index contributed by atoms with van der Waals surface area (Å²) in [6.45, 7) is 0. The van der Waals surface area contributed by atoms with E-state index in [1.54, 1.807) is 11.3 Å². The molecule has 0 saturated heterocycles. The van der Waals surface area contributed by atoms with E-state index in [0.717, 1.165) is 43.5 Å². The molecule has 0 unspecified atom stereocenters. The molecule has 12 rings (SSSR count). The molecule has 0 aliphatic carbocycles. The van der Waals surface area contributed by atoms with Crippen molar-refractivity contribution in [3.05, 3.63) is 164 Å². The molecule has 8 aromatic carbocycles. The Morgan fingerprint density at radius 1 is 0.396 bits per heavy atom. The first-order valence-corrected chi connectivity index (χ1v) is 19.5. The van der Waals surface area contributed by atoms with Crippen molar-refractivity contribution >= 4 is 106 Å². The average molecular weight is 710 g/mol. The summed E-state index contributed by atoms with van der Waals surface area (Å²) < 4.78 is 7.29. The molecule has 12 aromatic rings. The Morgan fingerprint density at radius 3 is 1.83 bits per heavy atom. The van der Waals surface area contributed by atoms with E-state index in [0.29, 0.717) is 5.95 Å². The van der Waals surface area contributed by atoms with Gasteiger partial charge in [0, 0.05) is 57.5 Å². The Labute approximate surface area is 311 Å². The van der Waals surface area contributed by atoms with E-state index in [9.17, 15) is 0 Å². The maximum absolute atomic E-state index is 5.57. The van der Waals surface area contributed by atoms with Crippen molar-refractivity contribution in [2.75, 3.05) is 0 Å². The van der Waals surface area contributed by atoms with E-state index in [1.165, 1.54) is 62.8 Å². The van der Waals surface area contributed by atoms with E-state index in [-0.39, 0.29) is 0 Å². The van der Waals surface area contributed by atoms with Crippen molar-refractivity contribution in [1.82, 2.24) is 14.5 Å². The number of nitrogens with zero attached hydrogens (tertiary/aromatic N) is 3. The summed E-state index contributed by atoms with van der Waals surface area (Å²) in [5.74, 6) is 0.677. The van der Waals surface area contributed by atoms with E-state index in [4.69, 9.17) is 9.97 Å². The van der Waals surface area contributed by atoms with Gasteiger partial charge in [-0.1, -0.05) is 146 Å². The molecule has 0 atom stereocenters. The van der Waals surface area contributed by atoms with Gasteiger partial charge < -0.3 is 0 Å². The van der Waals surface area contributed by atoms with Crippen molar-refractivity contribution in [2.45, 2.75) is 0 Å². The minimum Gasteiger partial charge on any atom is -0.277 e. The highest BCUT2D eigenvalue weighted by molar-refractivity contribution is 7.26. The quantitative estimate of drug-likeness (QED) is 0.171. The molecule has 53 heavy (non-hydrogen) atoms. The SMILES string of the molecule is c1ccc(-c2nc(-n3c4c(-c5ccc6c(c5)sc5ccccc56)cccc4c4c5ccccc5c5ccccc5c43)nc3c2sc2ccccc23)cc1. The van der Waals surface area contributed by atoms with Crippen LogP contribution in [0.1, 0.15) is 0 Å². The summed E-state index contributed by atoms with van der Waals surface area (Å²) in [5, 5.41) is 11.0. The monoisotopic (exact) mass is 709 g/mol. The van der Waals surface area contributed by atoms with Crippen LogP contribution in [0.3, 0.4) is 0 Å². The second kappa shape index (κ2) is 11.1. The maximum Gasteiger partial charge on any atom is 0.235 e. The van der Waals surface area contributed by atoms with Crippen LogP contribution >= 0.6 is 22.7 Å². The number of benzene rings is 8. The lowest BCUT2D eigenvalue weighted by atomic mass is 9.96. The van der Waals surface area contributed by atoms with E-state index in [1.807, 2.05) is 11.3 Å². The molecule has 0 bridgehead atoms. The molecule has 0 amide bonds. The average Bonchev–Trinajstić information content (AvgIpc) is 3.90. The lowest BCUT2D eigenvalue weighted by Crippen LogP contribution is -2.04. The summed E-state index contributed by atoms with van der Waals surface area (Å²) in [7, 11) is 0. The molecule has 0 aliphatic heterocycles. The number of aromatic nitrogens is 3. The molecule has 0 saturated carbocycles. The van der Waals surface area contributed by atoms with Crippen LogP contribution in [0.5, 0.6) is 0 Å². The Kier molecular flexibility index (Phi) is 6.09. The van der Waals surface area contributed by atoms with Crippen molar-refractivity contribution < 1.29 is 0 Å². The topological polar surface area (TPSA) is 30.7 Å². The zero-order valence-electron chi connectivity index (χ0n) is 28.2. The summed E-state index contributed by atoms with van der Waals surface area (Å²) in [6.07, 6.45) is 0. The fourth-order valence-electron chi connectivity index (χ4n) is 8.52. The van der Waals surface area contributed by atoms with Crippen molar-refractivity contribution in [2.24, 2.45) is 0 Å². The van der Waals surface area contributed by atoms with Gasteiger partial charge in [0.15, 0.2) is 0 Å². The van der Waals surface area contributed by atoms with Crippen molar-refractivity contribution in [1.29, 1.82) is 0 Å². The molecule has 0 fully saturated rings. The van der Waals surface area contributed by atoms with Gasteiger partial charge in [0.1, 0.15) is 0 Å². The number of rotatable bonds is 3. The van der Waals surface area contributed by atoms with E-state index >= 15 is 0 Å². The third-order valence-corrected chi connectivity index (χ3v) is 13.1. The van der Waals surface area contributed by atoms with Crippen molar-refractivity contribution in [3.63, 3.8) is 0 Å². The van der Waals surface area contributed by atoms with Crippen LogP contribution in [0, 0.1) is 0 Å². The Bertz CT molecular complexity index is 3460. The van der Waals surface area contributed by atoms with Gasteiger partial charge >= 0.3 is 0 Å². The highest BCUT2D eigenvalue weighted by Crippen LogP contribution is 2.47. The van der Waals surface area contributed by atoms with Crippen LogP contribution < -0.4 is 0 Å². The molecular weight excluding hydrogens is 683 g/mol. The molecule has 0 radical (unpaired) electrons. The number of fused-ring (bicyclic) bond motifs is 14. The van der Waals surface area contributed by atoms with Crippen LogP contribution in [0.2, 0.25) is 0 Å². The molecule has 5 heteroatoms. The summed E-state index contributed by atoms with van der Waals surface area (Å²) in [4.78, 5) is 11.1. The molecule has 0 aliphatic rings. The maximum atomic E-state index is 5.57. The predicted octanol–water partition coefficient (Wildman–Crippen LogP) is 13.9. The van der Waals surface area contributed by atoms with Gasteiger partial charge in [-0.15, -0.1) is 22.7 Å². The van der Waals surface area contributed by atoms with Gasteiger partial charge in [0.25, 0.3) is 0 Å². The van der Waals surface area contributed by atoms with Gasteiger partial charge in [-0.25, -0.2) is 9.97 Å². The summed E-state index contributed by atoms with van der Waals surface area (Å²) >= 11 is 3.63. The third kappa shape index (κ3) is 4.15. The fraction of sp³-hybridized carbons (Fsp3) is 0. The largest absolute Gasteiger partial charge is 0.277 e. The number of thiophene rings is 2. The molecule has 0 N–H and O–H groups in total. The molecule has 0 spiro atoms. The lowest BCUT2D eigenvalue weighted by molar-refractivity contribution is 1.02.